The molecule has 0 aromatic rings. The molecule has 0 aromatic heterocycles. The molecule has 0 rings (SSSR count). The summed E-state index contributed by atoms with van der Waals surface area (Å²) in [4.78, 5) is 0. The van der Waals surface area contributed by atoms with E-state index in [0.29, 0.717) is 0 Å². The Hall–Kier alpha value is -0.250. The molecule has 0 amide bonds. The Labute approximate surface area is 53.8 Å². The normalized spacial score (nSPS) is 7.33. The van der Waals surface area contributed by atoms with Crippen LogP contribution in [0.15, 0.2) is 0 Å². The second-order valence-corrected chi connectivity index (χ2v) is 1.25. The molecule has 0 aliphatic carbocycles. The summed E-state index contributed by atoms with van der Waals surface area (Å²) < 4.78 is 29.0. The molecule has 0 aromatic carbocycles. The van der Waals surface area contributed by atoms with Crippen LogP contribution in [0.4, 0.5) is 13.2 Å². The molecule has 0 fully saturated rings. The van der Waals surface area contributed by atoms with Crippen LogP contribution in [-0.4, -0.2) is 6.68 Å². The molecule has 0 atom stereocenters. The lowest BCUT2D eigenvalue weighted by atomic mass is 10.4. The van der Waals surface area contributed by atoms with Crippen LogP contribution in [-0.2, 0) is 0 Å². The number of hydrogen-bond donors (Lipinski definition) is 1. The molecule has 0 saturated heterocycles. The Bertz CT molecular complexity index is 28.6. The first-order valence-electron chi connectivity index (χ1n) is 2.57. The van der Waals surface area contributed by atoms with E-state index in [1.54, 1.807) is 0 Å². The van der Waals surface area contributed by atoms with Crippen molar-refractivity contribution in [1.29, 1.82) is 0 Å². The van der Waals surface area contributed by atoms with Crippen molar-refractivity contribution in [2.75, 3.05) is 0 Å². The van der Waals surface area contributed by atoms with Gasteiger partial charge in [0, 0.05) is 0 Å². The first-order chi connectivity index (χ1) is 3.65. The van der Waals surface area contributed by atoms with Crippen molar-refractivity contribution >= 4 is 0 Å². The lowest BCUT2D eigenvalue weighted by Gasteiger charge is -1.68. The smallest absolute Gasteiger partial charge is 0.369 e. The van der Waals surface area contributed by atoms with Crippen molar-refractivity contribution in [2.24, 2.45) is 0 Å². The predicted molar refractivity (Wildman–Crippen MR) is 33.7 cm³/mol. The van der Waals surface area contributed by atoms with Gasteiger partial charge in [-0.05, 0) is 0 Å². The number of alkyl halides is 3. The standard InChI is InChI=1S/C4H10.CHF3.H3N/c1-3-4-2;2-1(3)4;/h3-4H2,1-2H3;1H;1H3/p+1. The molecule has 0 heterocycles. The summed E-state index contributed by atoms with van der Waals surface area (Å²) in [6.45, 7) is 0.694. The highest BCUT2D eigenvalue weighted by atomic mass is 19.4. The van der Waals surface area contributed by atoms with Gasteiger partial charge < -0.3 is 6.15 Å². The zero-order chi connectivity index (χ0) is 6.99. The maximum Gasteiger partial charge on any atom is 0.379 e. The molecule has 1 nitrogen and oxygen atoms in total. The molecular formula is C5H15F3N+. The molecule has 0 aliphatic heterocycles. The fourth-order valence-electron chi connectivity index (χ4n) is 0. The van der Waals surface area contributed by atoms with Crippen LogP contribution >= 0.6 is 0 Å². The highest BCUT2D eigenvalue weighted by molar-refractivity contribution is 4.12. The summed E-state index contributed by atoms with van der Waals surface area (Å²) in [6, 6.07) is 0. The molecule has 4 heteroatoms. The van der Waals surface area contributed by atoms with Crippen molar-refractivity contribution in [3.63, 3.8) is 0 Å². The molecule has 0 unspecified atom stereocenters. The lowest BCUT2D eigenvalue weighted by Crippen LogP contribution is -1.65. The first-order valence-corrected chi connectivity index (χ1v) is 2.57. The number of unbranched alkanes of at least 4 members (excludes halogenated alkanes) is 1. The van der Waals surface area contributed by atoms with Crippen LogP contribution in [0.2, 0.25) is 0 Å². The largest absolute Gasteiger partial charge is 0.379 e. The average molecular weight is 146 g/mol. The Morgan fingerprint density at radius 2 is 1.11 bits per heavy atom. The molecule has 9 heavy (non-hydrogen) atoms. The summed E-state index contributed by atoms with van der Waals surface area (Å²) in [6.07, 6.45) is 2.64. The fourth-order valence-corrected chi connectivity index (χ4v) is 0. The van der Waals surface area contributed by atoms with E-state index in [2.05, 4.69) is 13.8 Å². The molecule has 0 spiro atoms. The molecule has 60 valence electrons. The van der Waals surface area contributed by atoms with Gasteiger partial charge in [-0.3, -0.25) is 0 Å². The second-order valence-electron chi connectivity index (χ2n) is 1.25. The molecule has 0 saturated carbocycles. The van der Waals surface area contributed by atoms with Crippen LogP contribution in [0.1, 0.15) is 26.7 Å². The van der Waals surface area contributed by atoms with Gasteiger partial charge in [-0.15, -0.1) is 0 Å². The fraction of sp³-hybridized carbons (Fsp3) is 1.00. The monoisotopic (exact) mass is 146 g/mol. The average Bonchev–Trinajstić information content (AvgIpc) is 1.65. The Balaban J connectivity index is -0.0000000720. The van der Waals surface area contributed by atoms with Crippen molar-refractivity contribution in [1.82, 2.24) is 6.15 Å². The molecular weight excluding hydrogens is 131 g/mol. The van der Waals surface area contributed by atoms with Gasteiger partial charge in [-0.1, -0.05) is 26.7 Å². The Morgan fingerprint density at radius 3 is 1.11 bits per heavy atom. The SMILES string of the molecule is CCCC.FC(F)F.[NH4+]. The van der Waals surface area contributed by atoms with Gasteiger partial charge >= 0.3 is 6.68 Å². The zero-order valence-corrected chi connectivity index (χ0v) is 6.13. The predicted octanol–water partition coefficient (Wildman–Crippen LogP) is 3.36. The second kappa shape index (κ2) is 15.7. The quantitative estimate of drug-likeness (QED) is 0.589. The minimum Gasteiger partial charge on any atom is -0.369 e. The third-order valence-electron chi connectivity index (χ3n) is 0.500. The van der Waals surface area contributed by atoms with E-state index in [4.69, 9.17) is 0 Å². The van der Waals surface area contributed by atoms with E-state index < -0.39 is 6.68 Å². The van der Waals surface area contributed by atoms with Gasteiger partial charge in [-0.2, -0.15) is 13.2 Å². The van der Waals surface area contributed by atoms with Crippen LogP contribution in [0.3, 0.4) is 0 Å². The number of hydrogen-bond acceptors (Lipinski definition) is 0. The summed E-state index contributed by atoms with van der Waals surface area (Å²) in [5, 5.41) is 0. The zero-order valence-electron chi connectivity index (χ0n) is 6.13. The summed E-state index contributed by atoms with van der Waals surface area (Å²) in [5.74, 6) is 0. The highest BCUT2D eigenvalue weighted by Gasteiger charge is 1.86. The van der Waals surface area contributed by atoms with Crippen LogP contribution < -0.4 is 6.15 Å². The molecule has 4 N–H and O–H groups in total. The third kappa shape index (κ3) is 456. The van der Waals surface area contributed by atoms with Crippen LogP contribution in [0.25, 0.3) is 0 Å². The molecule has 0 bridgehead atoms. The first kappa shape index (κ1) is 15.9. The van der Waals surface area contributed by atoms with E-state index in [9.17, 15) is 13.2 Å². The van der Waals surface area contributed by atoms with Crippen molar-refractivity contribution in [3.8, 4) is 0 Å². The van der Waals surface area contributed by atoms with E-state index in [0.717, 1.165) is 0 Å². The van der Waals surface area contributed by atoms with E-state index >= 15 is 0 Å². The number of rotatable bonds is 1. The molecule has 0 radical (unpaired) electrons. The van der Waals surface area contributed by atoms with Gasteiger partial charge in [0.25, 0.3) is 0 Å². The highest BCUT2D eigenvalue weighted by Crippen LogP contribution is 1.87. The lowest BCUT2D eigenvalue weighted by molar-refractivity contribution is 0.00819. The van der Waals surface area contributed by atoms with E-state index in [-0.39, 0.29) is 6.15 Å². The van der Waals surface area contributed by atoms with E-state index in [1.165, 1.54) is 12.8 Å². The minimum absolute atomic E-state index is 0. The number of halogens is 3. The van der Waals surface area contributed by atoms with E-state index in [1.807, 2.05) is 0 Å². The third-order valence-corrected chi connectivity index (χ3v) is 0.500. The topological polar surface area (TPSA) is 36.5 Å². The minimum atomic E-state index is -3.67. The van der Waals surface area contributed by atoms with Crippen molar-refractivity contribution in [3.05, 3.63) is 0 Å². The van der Waals surface area contributed by atoms with Crippen molar-refractivity contribution < 1.29 is 13.2 Å². The van der Waals surface area contributed by atoms with Gasteiger partial charge in [0.2, 0.25) is 0 Å². The Kier molecular flexibility index (Phi) is 27.6. The van der Waals surface area contributed by atoms with Crippen LogP contribution in [0, 0.1) is 0 Å². The maximum atomic E-state index is 9.67. The van der Waals surface area contributed by atoms with Crippen molar-refractivity contribution in [2.45, 2.75) is 33.4 Å². The molecule has 0 aliphatic rings. The van der Waals surface area contributed by atoms with Gasteiger partial charge in [0.1, 0.15) is 0 Å². The van der Waals surface area contributed by atoms with Crippen LogP contribution in [0.5, 0.6) is 0 Å². The number of quaternary nitrogens is 1. The van der Waals surface area contributed by atoms with Gasteiger partial charge in [0.15, 0.2) is 0 Å². The summed E-state index contributed by atoms with van der Waals surface area (Å²) in [5.41, 5.74) is 0. The Morgan fingerprint density at radius 1 is 1.00 bits per heavy atom. The van der Waals surface area contributed by atoms with Gasteiger partial charge in [0.05, 0.1) is 0 Å². The summed E-state index contributed by atoms with van der Waals surface area (Å²) >= 11 is 0. The van der Waals surface area contributed by atoms with Gasteiger partial charge in [-0.25, -0.2) is 0 Å². The summed E-state index contributed by atoms with van der Waals surface area (Å²) in [7, 11) is 0. The maximum absolute atomic E-state index is 9.67.